The first-order chi connectivity index (χ1) is 12.5. The molecule has 3 rings (SSSR count). The Morgan fingerprint density at radius 1 is 1.31 bits per heavy atom. The molecule has 0 spiro atoms. The van der Waals surface area contributed by atoms with Gasteiger partial charge in [-0.3, -0.25) is 9.59 Å². The van der Waals surface area contributed by atoms with Crippen LogP contribution in [0.1, 0.15) is 28.6 Å². The molecule has 136 valence electrons. The molecule has 2 aromatic rings. The first kappa shape index (κ1) is 18.5. The molecule has 2 N–H and O–H groups in total. The van der Waals surface area contributed by atoms with Crippen molar-refractivity contribution in [2.45, 2.75) is 29.9 Å². The standard InChI is InChI=1S/C18H18N2O4S2/c1-3-10-8-11(18(23)24-2)17(25-10)20-15(21)9-14-16(22)19-12-6-4-5-7-13(12)26-14/h4-8,14H,3,9H2,1-2H3,(H,19,22)(H,20,21)/t14-/m1/s1. The summed E-state index contributed by atoms with van der Waals surface area (Å²) >= 11 is 2.71. The topological polar surface area (TPSA) is 84.5 Å². The van der Waals surface area contributed by atoms with E-state index in [2.05, 4.69) is 10.6 Å². The lowest BCUT2D eigenvalue weighted by Crippen LogP contribution is -2.32. The van der Waals surface area contributed by atoms with E-state index in [0.717, 1.165) is 21.9 Å². The van der Waals surface area contributed by atoms with Crippen LogP contribution in [0.25, 0.3) is 0 Å². The number of esters is 1. The molecule has 8 heteroatoms. The number of nitrogens with one attached hydrogen (secondary N) is 2. The minimum Gasteiger partial charge on any atom is -0.465 e. The van der Waals surface area contributed by atoms with Crippen LogP contribution in [0.3, 0.4) is 0 Å². The number of benzene rings is 1. The van der Waals surface area contributed by atoms with Gasteiger partial charge >= 0.3 is 5.97 Å². The van der Waals surface area contributed by atoms with Crippen molar-refractivity contribution in [2.75, 3.05) is 17.7 Å². The molecule has 0 bridgehead atoms. The van der Waals surface area contributed by atoms with Gasteiger partial charge in [0.2, 0.25) is 11.8 Å². The van der Waals surface area contributed by atoms with Gasteiger partial charge < -0.3 is 15.4 Å². The van der Waals surface area contributed by atoms with Gasteiger partial charge in [0.1, 0.15) is 5.00 Å². The van der Waals surface area contributed by atoms with Crippen LogP contribution in [0.5, 0.6) is 0 Å². The molecule has 1 aromatic carbocycles. The molecule has 0 aliphatic carbocycles. The van der Waals surface area contributed by atoms with E-state index in [0.29, 0.717) is 10.6 Å². The van der Waals surface area contributed by atoms with Gasteiger partial charge in [-0.05, 0) is 24.6 Å². The summed E-state index contributed by atoms with van der Waals surface area (Å²) in [7, 11) is 1.30. The highest BCUT2D eigenvalue weighted by Crippen LogP contribution is 2.37. The Labute approximate surface area is 159 Å². The van der Waals surface area contributed by atoms with E-state index in [4.69, 9.17) is 4.74 Å². The third kappa shape index (κ3) is 3.91. The second-order valence-corrected chi connectivity index (χ2v) is 8.03. The summed E-state index contributed by atoms with van der Waals surface area (Å²) in [5.74, 6) is -1.00. The Kier molecular flexibility index (Phi) is 5.63. The third-order valence-electron chi connectivity index (χ3n) is 3.87. The van der Waals surface area contributed by atoms with Crippen molar-refractivity contribution < 1.29 is 19.1 Å². The third-order valence-corrected chi connectivity index (χ3v) is 6.34. The van der Waals surface area contributed by atoms with E-state index in [1.807, 2.05) is 31.2 Å². The second kappa shape index (κ2) is 7.92. The quantitative estimate of drug-likeness (QED) is 0.763. The number of carbonyl (C=O) groups excluding carboxylic acids is 3. The van der Waals surface area contributed by atoms with E-state index in [1.165, 1.54) is 30.2 Å². The van der Waals surface area contributed by atoms with E-state index >= 15 is 0 Å². The lowest BCUT2D eigenvalue weighted by atomic mass is 10.2. The van der Waals surface area contributed by atoms with Gasteiger partial charge in [-0.1, -0.05) is 19.1 Å². The second-order valence-electron chi connectivity index (χ2n) is 5.64. The van der Waals surface area contributed by atoms with Crippen LogP contribution in [0.2, 0.25) is 0 Å². The molecule has 2 amide bonds. The number of methoxy groups -OCH3 is 1. The van der Waals surface area contributed by atoms with Crippen LogP contribution in [-0.4, -0.2) is 30.1 Å². The molecule has 0 saturated carbocycles. The number of thioether (sulfide) groups is 1. The predicted molar refractivity (Wildman–Crippen MR) is 103 cm³/mol. The fraction of sp³-hybridized carbons (Fsp3) is 0.278. The molecule has 2 heterocycles. The largest absolute Gasteiger partial charge is 0.465 e. The van der Waals surface area contributed by atoms with E-state index in [1.54, 1.807) is 6.07 Å². The van der Waals surface area contributed by atoms with Crippen molar-refractivity contribution in [2.24, 2.45) is 0 Å². The summed E-state index contributed by atoms with van der Waals surface area (Å²) in [6, 6.07) is 9.21. The number of amides is 2. The zero-order valence-corrected chi connectivity index (χ0v) is 16.0. The smallest absolute Gasteiger partial charge is 0.340 e. The van der Waals surface area contributed by atoms with Crippen molar-refractivity contribution in [3.8, 4) is 0 Å². The highest BCUT2D eigenvalue weighted by Gasteiger charge is 2.29. The summed E-state index contributed by atoms with van der Waals surface area (Å²) < 4.78 is 4.77. The Morgan fingerprint density at radius 2 is 2.08 bits per heavy atom. The van der Waals surface area contributed by atoms with Gasteiger partial charge in [-0.2, -0.15) is 0 Å². The zero-order chi connectivity index (χ0) is 18.7. The molecule has 1 aliphatic heterocycles. The van der Waals surface area contributed by atoms with E-state index < -0.39 is 11.2 Å². The molecule has 0 fully saturated rings. The number of aryl methyl sites for hydroxylation is 1. The lowest BCUT2D eigenvalue weighted by molar-refractivity contribution is -0.120. The Balaban J connectivity index is 1.71. The average Bonchev–Trinajstić information content (AvgIpc) is 3.04. The fourth-order valence-corrected chi connectivity index (χ4v) is 4.65. The molecular weight excluding hydrogens is 372 g/mol. The van der Waals surface area contributed by atoms with E-state index in [-0.39, 0.29) is 18.2 Å². The highest BCUT2D eigenvalue weighted by molar-refractivity contribution is 8.01. The summed E-state index contributed by atoms with van der Waals surface area (Å²) in [6.45, 7) is 1.97. The average molecular weight is 390 g/mol. The number of para-hydroxylation sites is 1. The Hall–Kier alpha value is -2.32. The number of thiophene rings is 1. The minimum absolute atomic E-state index is 0.0187. The minimum atomic E-state index is -0.517. The summed E-state index contributed by atoms with van der Waals surface area (Å²) in [6.07, 6.45) is 0.771. The molecular formula is C18H18N2O4S2. The number of ether oxygens (including phenoxy) is 1. The zero-order valence-electron chi connectivity index (χ0n) is 14.3. The number of hydrogen-bond donors (Lipinski definition) is 2. The lowest BCUT2D eigenvalue weighted by Gasteiger charge is -2.23. The van der Waals surface area contributed by atoms with Gasteiger partial charge in [0.15, 0.2) is 0 Å². The molecule has 0 unspecified atom stereocenters. The molecule has 1 aliphatic rings. The molecule has 1 atom stereocenters. The number of hydrogen-bond acceptors (Lipinski definition) is 6. The van der Waals surface area contributed by atoms with Gasteiger partial charge in [0.05, 0.1) is 23.6 Å². The van der Waals surface area contributed by atoms with Gasteiger partial charge in [0, 0.05) is 16.2 Å². The van der Waals surface area contributed by atoms with Crippen molar-refractivity contribution in [1.29, 1.82) is 0 Å². The van der Waals surface area contributed by atoms with Crippen LogP contribution in [0.15, 0.2) is 35.2 Å². The van der Waals surface area contributed by atoms with Crippen molar-refractivity contribution >= 4 is 51.6 Å². The van der Waals surface area contributed by atoms with E-state index in [9.17, 15) is 14.4 Å². The summed E-state index contributed by atoms with van der Waals surface area (Å²) in [5.41, 5.74) is 1.10. The summed E-state index contributed by atoms with van der Waals surface area (Å²) in [4.78, 5) is 38.5. The number of carbonyl (C=O) groups is 3. The molecule has 26 heavy (non-hydrogen) atoms. The maximum Gasteiger partial charge on any atom is 0.340 e. The monoisotopic (exact) mass is 390 g/mol. The molecule has 0 radical (unpaired) electrons. The first-order valence-electron chi connectivity index (χ1n) is 8.09. The fourth-order valence-electron chi connectivity index (χ4n) is 2.54. The molecule has 1 aromatic heterocycles. The summed E-state index contributed by atoms with van der Waals surface area (Å²) in [5, 5.41) is 5.52. The normalized spacial score (nSPS) is 15.8. The Morgan fingerprint density at radius 3 is 2.81 bits per heavy atom. The van der Waals surface area contributed by atoms with Crippen molar-refractivity contribution in [1.82, 2.24) is 0 Å². The first-order valence-corrected chi connectivity index (χ1v) is 9.78. The van der Waals surface area contributed by atoms with Crippen LogP contribution < -0.4 is 10.6 Å². The number of rotatable bonds is 5. The molecule has 6 nitrogen and oxygen atoms in total. The van der Waals surface area contributed by atoms with Gasteiger partial charge in [-0.25, -0.2) is 4.79 Å². The number of anilines is 2. The van der Waals surface area contributed by atoms with Crippen molar-refractivity contribution in [3.05, 3.63) is 40.8 Å². The van der Waals surface area contributed by atoms with Crippen molar-refractivity contribution in [3.63, 3.8) is 0 Å². The molecule has 0 saturated heterocycles. The SMILES string of the molecule is CCc1cc(C(=O)OC)c(NC(=O)C[C@H]2Sc3ccccc3NC2=O)s1. The van der Waals surface area contributed by atoms with Crippen LogP contribution in [0.4, 0.5) is 10.7 Å². The van der Waals surface area contributed by atoms with Crippen LogP contribution >= 0.6 is 23.1 Å². The van der Waals surface area contributed by atoms with Gasteiger partial charge in [-0.15, -0.1) is 23.1 Å². The maximum atomic E-state index is 12.4. The van der Waals surface area contributed by atoms with Crippen LogP contribution in [0, 0.1) is 0 Å². The van der Waals surface area contributed by atoms with Gasteiger partial charge in [0.25, 0.3) is 0 Å². The Bertz CT molecular complexity index is 863. The highest BCUT2D eigenvalue weighted by atomic mass is 32.2. The van der Waals surface area contributed by atoms with Crippen LogP contribution in [-0.2, 0) is 20.7 Å². The maximum absolute atomic E-state index is 12.4. The predicted octanol–water partition coefficient (Wildman–Crippen LogP) is 3.54. The number of fused-ring (bicyclic) bond motifs is 1.